The largest absolute Gasteiger partial charge is 0.517 e. The van der Waals surface area contributed by atoms with Gasteiger partial charge in [-0.25, -0.2) is 19.5 Å². The van der Waals surface area contributed by atoms with Crippen molar-refractivity contribution in [3.8, 4) is 11.5 Å². The van der Waals surface area contributed by atoms with Gasteiger partial charge in [-0.3, -0.25) is 0 Å². The number of ether oxygens (including phenoxy) is 3. The maximum absolute atomic E-state index is 14.8. The predicted molar refractivity (Wildman–Crippen MR) is 155 cm³/mol. The van der Waals surface area contributed by atoms with Crippen LogP contribution in [0.4, 0.5) is 5.82 Å². The molecule has 0 aliphatic heterocycles. The van der Waals surface area contributed by atoms with Gasteiger partial charge in [0.1, 0.15) is 30.1 Å². The summed E-state index contributed by atoms with van der Waals surface area (Å²) < 4.78 is 48.4. The first-order valence-electron chi connectivity index (χ1n) is 13.5. The molecule has 41 heavy (non-hydrogen) atoms. The number of benzene rings is 2. The van der Waals surface area contributed by atoms with E-state index in [4.69, 9.17) is 29.0 Å². The molecule has 0 spiro atoms. The quantitative estimate of drug-likeness (QED) is 0.139. The summed E-state index contributed by atoms with van der Waals surface area (Å²) in [4.78, 5) is 12.6. The zero-order chi connectivity index (χ0) is 29.2. The van der Waals surface area contributed by atoms with Crippen LogP contribution in [-0.4, -0.2) is 62.6 Å². The zero-order valence-corrected chi connectivity index (χ0v) is 24.6. The van der Waals surface area contributed by atoms with E-state index in [1.165, 1.54) is 11.0 Å². The van der Waals surface area contributed by atoms with Crippen LogP contribution in [0.15, 0.2) is 73.3 Å². The molecule has 0 aliphatic rings. The predicted octanol–water partition coefficient (Wildman–Crippen LogP) is 5.13. The third kappa shape index (κ3) is 7.81. The molecule has 0 unspecified atom stereocenters. The van der Waals surface area contributed by atoms with Crippen LogP contribution in [0.25, 0.3) is 11.2 Å². The lowest BCUT2D eigenvalue weighted by molar-refractivity contribution is -0.172. The lowest BCUT2D eigenvalue weighted by atomic mass is 10.3. The average Bonchev–Trinajstić information content (AvgIpc) is 3.37. The van der Waals surface area contributed by atoms with Crippen molar-refractivity contribution >= 4 is 24.7 Å². The maximum atomic E-state index is 14.8. The van der Waals surface area contributed by atoms with Gasteiger partial charge in [-0.1, -0.05) is 36.4 Å². The highest BCUT2D eigenvalue weighted by atomic mass is 31.2. The van der Waals surface area contributed by atoms with E-state index in [9.17, 15) is 4.57 Å². The number of nitrogens with zero attached hydrogens (tertiary/aromatic N) is 5. The lowest BCUT2D eigenvalue weighted by Gasteiger charge is -2.37. The molecule has 12 nitrogen and oxygen atoms in total. The molecule has 2 aromatic heterocycles. The fourth-order valence-corrected chi connectivity index (χ4v) is 5.91. The molecule has 0 radical (unpaired) electrons. The van der Waals surface area contributed by atoms with E-state index in [1.807, 2.05) is 44.4 Å². The van der Waals surface area contributed by atoms with Crippen LogP contribution < -0.4 is 14.8 Å². The second-order valence-corrected chi connectivity index (χ2v) is 11.0. The van der Waals surface area contributed by atoms with Crippen LogP contribution in [-0.2, 0) is 25.3 Å². The molecule has 0 aliphatic carbocycles. The Bertz CT molecular complexity index is 1360. The van der Waals surface area contributed by atoms with Crippen LogP contribution in [0.3, 0.4) is 0 Å². The summed E-state index contributed by atoms with van der Waals surface area (Å²) in [5.74, 6) is 1.06. The molecular formula is C28H37N6O6P. The number of imidazole rings is 1. The molecule has 0 saturated carbocycles. The third-order valence-electron chi connectivity index (χ3n) is 6.14. The molecule has 2 aromatic carbocycles. The monoisotopic (exact) mass is 584 g/mol. The SMILES string of the molecule is CCOC(OCC)[C@H](C)N(CO[C@H](C)Cn1cnc2c(N)ncnc21)P(=O)(Oc1ccccc1)Oc1ccccc1. The van der Waals surface area contributed by atoms with Gasteiger partial charge >= 0.3 is 7.75 Å². The Labute approximate surface area is 240 Å². The summed E-state index contributed by atoms with van der Waals surface area (Å²) >= 11 is 0. The molecule has 0 saturated heterocycles. The van der Waals surface area contributed by atoms with Gasteiger partial charge in [-0.05, 0) is 52.0 Å². The molecular weight excluding hydrogens is 547 g/mol. The Hall–Kier alpha value is -3.54. The smallest absolute Gasteiger partial charge is 0.404 e. The van der Waals surface area contributed by atoms with E-state index in [-0.39, 0.29) is 12.8 Å². The molecule has 0 bridgehead atoms. The van der Waals surface area contributed by atoms with E-state index in [0.29, 0.717) is 48.2 Å². The van der Waals surface area contributed by atoms with E-state index in [2.05, 4.69) is 15.0 Å². The molecule has 4 aromatic rings. The number of para-hydroxylation sites is 2. The summed E-state index contributed by atoms with van der Waals surface area (Å²) in [5.41, 5.74) is 7.05. The molecule has 0 amide bonds. The van der Waals surface area contributed by atoms with Crippen molar-refractivity contribution in [3.05, 3.63) is 73.3 Å². The van der Waals surface area contributed by atoms with E-state index in [1.54, 1.807) is 54.9 Å². The van der Waals surface area contributed by atoms with Gasteiger partial charge < -0.3 is 33.6 Å². The fourth-order valence-electron chi connectivity index (χ4n) is 4.13. The zero-order valence-electron chi connectivity index (χ0n) is 23.7. The average molecular weight is 585 g/mol. The minimum atomic E-state index is -4.11. The summed E-state index contributed by atoms with van der Waals surface area (Å²) in [5, 5.41) is 0. The van der Waals surface area contributed by atoms with Crippen LogP contribution in [0, 0.1) is 0 Å². The van der Waals surface area contributed by atoms with Gasteiger partial charge in [-0.15, -0.1) is 0 Å². The first-order chi connectivity index (χ1) is 19.8. The van der Waals surface area contributed by atoms with Gasteiger partial charge in [0.25, 0.3) is 0 Å². The van der Waals surface area contributed by atoms with Crippen molar-refractivity contribution < 1.29 is 27.8 Å². The summed E-state index contributed by atoms with van der Waals surface area (Å²) in [6, 6.07) is 17.1. The standard InChI is InChI=1S/C28H37N6O6P/c1-5-36-28(37-6-2)22(4)34(20-38-21(3)17-33-19-32-25-26(29)30-18-31-27(25)33)41(35,39-23-13-9-7-10-14-23)40-24-15-11-8-12-16-24/h7-16,18-19,21-22,28H,5-6,17,20H2,1-4H3,(H2,29,30,31)/t21-,22+/m1/s1. The van der Waals surface area contributed by atoms with Crippen LogP contribution in [0.1, 0.15) is 27.7 Å². The Morgan fingerprint density at radius 2 is 1.46 bits per heavy atom. The van der Waals surface area contributed by atoms with Crippen molar-refractivity contribution in [1.29, 1.82) is 0 Å². The number of hydrogen-bond acceptors (Lipinski definition) is 10. The summed E-state index contributed by atoms with van der Waals surface area (Å²) in [6.07, 6.45) is 1.94. The third-order valence-corrected chi connectivity index (χ3v) is 8.14. The molecule has 2 atom stereocenters. The van der Waals surface area contributed by atoms with E-state index < -0.39 is 20.1 Å². The Morgan fingerprint density at radius 3 is 2.02 bits per heavy atom. The number of nitrogens with two attached hydrogens (primary N) is 1. The second kappa shape index (κ2) is 14.4. The topological polar surface area (TPSA) is 136 Å². The van der Waals surface area contributed by atoms with E-state index in [0.717, 1.165) is 0 Å². The number of hydrogen-bond donors (Lipinski definition) is 1. The van der Waals surface area contributed by atoms with Gasteiger partial charge in [0, 0.05) is 13.2 Å². The van der Waals surface area contributed by atoms with Crippen molar-refractivity contribution in [3.63, 3.8) is 0 Å². The lowest BCUT2D eigenvalue weighted by Crippen LogP contribution is -2.45. The Kier molecular flexibility index (Phi) is 10.7. The van der Waals surface area contributed by atoms with Crippen molar-refractivity contribution in [2.75, 3.05) is 25.7 Å². The number of nitrogen functional groups attached to an aromatic ring is 1. The molecule has 0 fully saturated rings. The van der Waals surface area contributed by atoms with Crippen molar-refractivity contribution in [2.24, 2.45) is 0 Å². The Balaban J connectivity index is 1.63. The van der Waals surface area contributed by atoms with Crippen LogP contribution in [0.5, 0.6) is 11.5 Å². The molecule has 2 N–H and O–H groups in total. The summed E-state index contributed by atoms with van der Waals surface area (Å²) in [7, 11) is -4.11. The van der Waals surface area contributed by atoms with Crippen molar-refractivity contribution in [1.82, 2.24) is 24.2 Å². The highest BCUT2D eigenvalue weighted by molar-refractivity contribution is 7.52. The van der Waals surface area contributed by atoms with Gasteiger partial charge in [-0.2, -0.15) is 4.67 Å². The molecule has 13 heteroatoms. The number of rotatable bonds is 16. The number of aromatic nitrogens is 4. The first-order valence-corrected chi connectivity index (χ1v) is 15.0. The fraction of sp³-hybridized carbons (Fsp3) is 0.393. The van der Waals surface area contributed by atoms with Crippen LogP contribution in [0.2, 0.25) is 0 Å². The Morgan fingerprint density at radius 1 is 0.878 bits per heavy atom. The van der Waals surface area contributed by atoms with Gasteiger partial charge in [0.05, 0.1) is 25.0 Å². The van der Waals surface area contributed by atoms with Gasteiger partial charge in [0.15, 0.2) is 17.8 Å². The van der Waals surface area contributed by atoms with E-state index >= 15 is 0 Å². The number of anilines is 1. The summed E-state index contributed by atoms with van der Waals surface area (Å²) in [6.45, 7) is 8.52. The highest BCUT2D eigenvalue weighted by Gasteiger charge is 2.44. The maximum Gasteiger partial charge on any atom is 0.517 e. The molecule has 4 rings (SSSR count). The van der Waals surface area contributed by atoms with Gasteiger partial charge in [0.2, 0.25) is 0 Å². The molecule has 2 heterocycles. The highest BCUT2D eigenvalue weighted by Crippen LogP contribution is 2.53. The molecule has 220 valence electrons. The number of fused-ring (bicyclic) bond motifs is 1. The second-order valence-electron chi connectivity index (χ2n) is 9.17. The van der Waals surface area contributed by atoms with Crippen molar-refractivity contribution in [2.45, 2.75) is 52.7 Å². The normalized spacial score (nSPS) is 13.5. The van der Waals surface area contributed by atoms with Crippen LogP contribution >= 0.6 is 7.75 Å². The minimum Gasteiger partial charge on any atom is -0.404 e. The first kappa shape index (κ1) is 30.4. The minimum absolute atomic E-state index is 0.125.